The quantitative estimate of drug-likeness (QED) is 0.828. The molecule has 86 valence electrons. The summed E-state index contributed by atoms with van der Waals surface area (Å²) in [7, 11) is 0. The summed E-state index contributed by atoms with van der Waals surface area (Å²) in [5.74, 6) is 0.902. The zero-order valence-corrected chi connectivity index (χ0v) is 9.79. The largest absolute Gasteiger partial charge is 0.494 e. The smallest absolute Gasteiger partial charge is 0.120 e. The van der Waals surface area contributed by atoms with Gasteiger partial charge in [0.15, 0.2) is 0 Å². The molecule has 0 radical (unpaired) electrons. The Balaban J connectivity index is 2.47. The monoisotopic (exact) mass is 218 g/mol. The van der Waals surface area contributed by atoms with Gasteiger partial charge in [0.2, 0.25) is 0 Å². The maximum atomic E-state index is 6.07. The van der Waals surface area contributed by atoms with Gasteiger partial charge < -0.3 is 15.5 Å². The van der Waals surface area contributed by atoms with Crippen molar-refractivity contribution in [3.8, 4) is 5.75 Å². The number of H-pyrrole nitrogens is 1. The first-order valence-electron chi connectivity index (χ1n) is 5.75. The first-order chi connectivity index (χ1) is 7.76. The molecule has 0 bridgehead atoms. The fourth-order valence-corrected chi connectivity index (χ4v) is 1.90. The van der Waals surface area contributed by atoms with Crippen molar-refractivity contribution in [3.63, 3.8) is 0 Å². The van der Waals surface area contributed by atoms with Gasteiger partial charge in [0.05, 0.1) is 6.61 Å². The summed E-state index contributed by atoms with van der Waals surface area (Å²) >= 11 is 0. The van der Waals surface area contributed by atoms with Gasteiger partial charge in [-0.15, -0.1) is 0 Å². The third-order valence-corrected chi connectivity index (χ3v) is 2.84. The maximum Gasteiger partial charge on any atom is 0.120 e. The summed E-state index contributed by atoms with van der Waals surface area (Å²) in [6, 6.07) is 6.15. The lowest BCUT2D eigenvalue weighted by Gasteiger charge is -2.08. The molecule has 2 aromatic rings. The van der Waals surface area contributed by atoms with Crippen molar-refractivity contribution >= 4 is 10.9 Å². The van der Waals surface area contributed by atoms with E-state index in [4.69, 9.17) is 10.5 Å². The minimum Gasteiger partial charge on any atom is -0.494 e. The van der Waals surface area contributed by atoms with Crippen molar-refractivity contribution in [2.75, 3.05) is 6.61 Å². The van der Waals surface area contributed by atoms with Crippen LogP contribution in [0.3, 0.4) is 0 Å². The fourth-order valence-electron chi connectivity index (χ4n) is 1.90. The maximum absolute atomic E-state index is 6.07. The first kappa shape index (κ1) is 11.0. The van der Waals surface area contributed by atoms with Crippen molar-refractivity contribution < 1.29 is 4.74 Å². The molecule has 3 nitrogen and oxygen atoms in total. The number of hydrogen-bond acceptors (Lipinski definition) is 2. The third kappa shape index (κ3) is 1.91. The number of ether oxygens (including phenoxy) is 1. The predicted octanol–water partition coefficient (Wildman–Crippen LogP) is 2.98. The number of nitrogens with one attached hydrogen (secondary N) is 1. The third-order valence-electron chi connectivity index (χ3n) is 2.84. The van der Waals surface area contributed by atoms with Crippen molar-refractivity contribution in [1.29, 1.82) is 0 Å². The highest BCUT2D eigenvalue weighted by Crippen LogP contribution is 2.27. The standard InChI is InChI=1S/C13H18N2O/c1-3-12(14)11-8-15-13-6-5-9(16-4-2)7-10(11)13/h5-8,12,15H,3-4,14H2,1-2H3. The number of benzene rings is 1. The lowest BCUT2D eigenvalue weighted by atomic mass is 10.0. The highest BCUT2D eigenvalue weighted by atomic mass is 16.5. The minimum atomic E-state index is 0.0885. The van der Waals surface area contributed by atoms with Crippen LogP contribution in [0.1, 0.15) is 31.9 Å². The van der Waals surface area contributed by atoms with E-state index in [1.165, 1.54) is 10.9 Å². The topological polar surface area (TPSA) is 51.0 Å². The lowest BCUT2D eigenvalue weighted by molar-refractivity contribution is 0.340. The molecular weight excluding hydrogens is 200 g/mol. The molecule has 3 heteroatoms. The second-order valence-electron chi connectivity index (χ2n) is 3.90. The van der Waals surface area contributed by atoms with Gasteiger partial charge in [-0.25, -0.2) is 0 Å². The molecule has 0 fully saturated rings. The predicted molar refractivity (Wildman–Crippen MR) is 66.7 cm³/mol. The summed E-state index contributed by atoms with van der Waals surface area (Å²) in [6.07, 6.45) is 2.93. The Kier molecular flexibility index (Phi) is 3.15. The van der Waals surface area contributed by atoms with Crippen LogP contribution in [0, 0.1) is 0 Å². The second-order valence-corrected chi connectivity index (χ2v) is 3.90. The highest BCUT2D eigenvalue weighted by molar-refractivity contribution is 5.85. The van der Waals surface area contributed by atoms with E-state index in [0.717, 1.165) is 17.7 Å². The molecule has 16 heavy (non-hydrogen) atoms. The highest BCUT2D eigenvalue weighted by Gasteiger charge is 2.10. The summed E-state index contributed by atoms with van der Waals surface area (Å²) in [6.45, 7) is 4.76. The van der Waals surface area contributed by atoms with E-state index in [2.05, 4.69) is 18.0 Å². The van der Waals surface area contributed by atoms with Gasteiger partial charge in [0.1, 0.15) is 5.75 Å². The van der Waals surface area contributed by atoms with E-state index in [-0.39, 0.29) is 6.04 Å². The van der Waals surface area contributed by atoms with E-state index in [9.17, 15) is 0 Å². The van der Waals surface area contributed by atoms with Crippen molar-refractivity contribution in [1.82, 2.24) is 4.98 Å². The number of hydrogen-bond donors (Lipinski definition) is 2. The number of fused-ring (bicyclic) bond motifs is 1. The summed E-state index contributed by atoms with van der Waals surface area (Å²) in [5, 5.41) is 1.17. The first-order valence-corrected chi connectivity index (χ1v) is 5.75. The molecule has 0 aliphatic carbocycles. The Bertz CT molecular complexity index is 476. The van der Waals surface area contributed by atoms with Gasteiger partial charge in [0, 0.05) is 23.1 Å². The molecule has 1 heterocycles. The molecule has 0 amide bonds. The molecule has 2 rings (SSSR count). The Morgan fingerprint density at radius 3 is 2.88 bits per heavy atom. The van der Waals surface area contributed by atoms with Crippen molar-refractivity contribution in [2.45, 2.75) is 26.3 Å². The van der Waals surface area contributed by atoms with Gasteiger partial charge in [-0.1, -0.05) is 6.92 Å². The number of aromatic nitrogens is 1. The van der Waals surface area contributed by atoms with Gasteiger partial charge in [-0.3, -0.25) is 0 Å². The van der Waals surface area contributed by atoms with Crippen molar-refractivity contribution in [3.05, 3.63) is 30.0 Å². The fraction of sp³-hybridized carbons (Fsp3) is 0.385. The Labute approximate surface area is 95.6 Å². The molecule has 3 N–H and O–H groups in total. The Morgan fingerprint density at radius 2 is 2.19 bits per heavy atom. The van der Waals surface area contributed by atoms with E-state index in [1.807, 2.05) is 25.3 Å². The van der Waals surface area contributed by atoms with Crippen molar-refractivity contribution in [2.24, 2.45) is 5.73 Å². The molecule has 1 aromatic heterocycles. The van der Waals surface area contributed by atoms with Gasteiger partial charge >= 0.3 is 0 Å². The zero-order valence-electron chi connectivity index (χ0n) is 9.79. The summed E-state index contributed by atoms with van der Waals surface area (Å²) < 4.78 is 5.50. The SMILES string of the molecule is CCOc1ccc2[nH]cc(C(N)CC)c2c1. The Morgan fingerprint density at radius 1 is 1.38 bits per heavy atom. The average molecular weight is 218 g/mol. The average Bonchev–Trinajstić information content (AvgIpc) is 2.71. The minimum absolute atomic E-state index is 0.0885. The van der Waals surface area contributed by atoms with Crippen LogP contribution >= 0.6 is 0 Å². The van der Waals surface area contributed by atoms with Crippen LogP contribution < -0.4 is 10.5 Å². The van der Waals surface area contributed by atoms with Gasteiger partial charge in [0.25, 0.3) is 0 Å². The van der Waals surface area contributed by atoms with Crippen LogP contribution in [0.2, 0.25) is 0 Å². The molecule has 0 aliphatic rings. The van der Waals surface area contributed by atoms with E-state index >= 15 is 0 Å². The van der Waals surface area contributed by atoms with E-state index < -0.39 is 0 Å². The lowest BCUT2D eigenvalue weighted by Crippen LogP contribution is -2.07. The summed E-state index contributed by atoms with van der Waals surface area (Å²) in [5.41, 5.74) is 8.35. The Hall–Kier alpha value is -1.48. The molecule has 0 saturated carbocycles. The van der Waals surface area contributed by atoms with Crippen LogP contribution in [-0.2, 0) is 0 Å². The molecular formula is C13H18N2O. The van der Waals surface area contributed by atoms with Crippen LogP contribution in [0.5, 0.6) is 5.75 Å². The van der Waals surface area contributed by atoms with Crippen LogP contribution in [0.4, 0.5) is 0 Å². The number of rotatable bonds is 4. The molecule has 0 aliphatic heterocycles. The zero-order chi connectivity index (χ0) is 11.5. The van der Waals surface area contributed by atoms with Crippen LogP contribution in [-0.4, -0.2) is 11.6 Å². The van der Waals surface area contributed by atoms with Gasteiger partial charge in [-0.2, -0.15) is 0 Å². The second kappa shape index (κ2) is 4.58. The van der Waals surface area contributed by atoms with Crippen LogP contribution in [0.15, 0.2) is 24.4 Å². The molecule has 1 atom stereocenters. The van der Waals surface area contributed by atoms with E-state index in [1.54, 1.807) is 0 Å². The number of nitrogens with two attached hydrogens (primary N) is 1. The molecule has 0 saturated heterocycles. The normalized spacial score (nSPS) is 12.9. The molecule has 1 unspecified atom stereocenters. The van der Waals surface area contributed by atoms with Crippen LogP contribution in [0.25, 0.3) is 10.9 Å². The van der Waals surface area contributed by atoms with E-state index in [0.29, 0.717) is 6.61 Å². The summed E-state index contributed by atoms with van der Waals surface area (Å²) in [4.78, 5) is 3.24. The number of aromatic amines is 1. The molecule has 0 spiro atoms. The van der Waals surface area contributed by atoms with Gasteiger partial charge in [-0.05, 0) is 37.1 Å². The molecule has 1 aromatic carbocycles.